The van der Waals surface area contributed by atoms with Crippen LogP contribution in [0.5, 0.6) is 0 Å². The van der Waals surface area contributed by atoms with Crippen molar-refractivity contribution in [1.82, 2.24) is 26.2 Å². The van der Waals surface area contributed by atoms with Gasteiger partial charge in [0.25, 0.3) is 0 Å². The van der Waals surface area contributed by atoms with E-state index in [9.17, 15) is 24.0 Å². The van der Waals surface area contributed by atoms with Crippen LogP contribution >= 0.6 is 0 Å². The number of alkyl carbamates (subject to hydrolysis) is 1. The zero-order valence-electron chi connectivity index (χ0n) is 28.4. The van der Waals surface area contributed by atoms with Gasteiger partial charge in [0.1, 0.15) is 24.3 Å². The number of nitrogens with zero attached hydrogens (tertiary/aromatic N) is 1. The van der Waals surface area contributed by atoms with Crippen LogP contribution < -0.4 is 32.3 Å². The van der Waals surface area contributed by atoms with E-state index in [4.69, 9.17) is 25.1 Å². The SMILES string of the molecule is CC(C)[C@H](NC(=O)OC(C)(C)C)C(=O)NC(CCCNC(N)=O)C(=O)Nc1ccc(COC(=O)N(C)CCNCCOCCO)cc1. The van der Waals surface area contributed by atoms with E-state index in [1.807, 2.05) is 0 Å². The van der Waals surface area contributed by atoms with Gasteiger partial charge >= 0.3 is 18.2 Å². The van der Waals surface area contributed by atoms with Gasteiger partial charge in [-0.15, -0.1) is 0 Å². The minimum absolute atomic E-state index is 0.0204. The predicted octanol–water partition coefficient (Wildman–Crippen LogP) is 1.27. The molecule has 0 fully saturated rings. The van der Waals surface area contributed by atoms with Crippen molar-refractivity contribution in [2.24, 2.45) is 11.7 Å². The number of benzene rings is 1. The van der Waals surface area contributed by atoms with Crippen LogP contribution in [0.3, 0.4) is 0 Å². The average molecular weight is 668 g/mol. The molecule has 0 aliphatic rings. The molecular formula is C31H53N7O9. The molecule has 266 valence electrons. The summed E-state index contributed by atoms with van der Waals surface area (Å²) in [6.07, 6.45) is -0.750. The molecular weight excluding hydrogens is 614 g/mol. The van der Waals surface area contributed by atoms with Crippen molar-refractivity contribution in [3.05, 3.63) is 29.8 Å². The van der Waals surface area contributed by atoms with Gasteiger partial charge in [-0.05, 0) is 57.2 Å². The Bertz CT molecular complexity index is 1130. The zero-order chi connectivity index (χ0) is 35.4. The number of carbonyl (C=O) groups is 5. The largest absolute Gasteiger partial charge is 0.445 e. The Balaban J connectivity index is 2.76. The van der Waals surface area contributed by atoms with Crippen LogP contribution in [0.2, 0.25) is 0 Å². The van der Waals surface area contributed by atoms with Crippen molar-refractivity contribution >= 4 is 35.7 Å². The highest BCUT2D eigenvalue weighted by Crippen LogP contribution is 2.14. The molecule has 0 aromatic heterocycles. The topological polar surface area (TPSA) is 223 Å². The van der Waals surface area contributed by atoms with Crippen LogP contribution in [0.4, 0.5) is 20.1 Å². The second-order valence-corrected chi connectivity index (χ2v) is 12.1. The van der Waals surface area contributed by atoms with Gasteiger partial charge in [-0.25, -0.2) is 14.4 Å². The van der Waals surface area contributed by atoms with Crippen molar-refractivity contribution in [3.8, 4) is 0 Å². The van der Waals surface area contributed by atoms with E-state index in [1.165, 1.54) is 4.90 Å². The van der Waals surface area contributed by atoms with Gasteiger partial charge in [-0.1, -0.05) is 26.0 Å². The smallest absolute Gasteiger partial charge is 0.409 e. The summed E-state index contributed by atoms with van der Waals surface area (Å²) in [7, 11) is 1.63. The highest BCUT2D eigenvalue weighted by molar-refractivity contribution is 5.98. The first-order valence-corrected chi connectivity index (χ1v) is 15.6. The van der Waals surface area contributed by atoms with Crippen molar-refractivity contribution in [2.45, 2.75) is 71.8 Å². The van der Waals surface area contributed by atoms with Gasteiger partial charge in [0, 0.05) is 38.9 Å². The maximum atomic E-state index is 13.3. The highest BCUT2D eigenvalue weighted by atomic mass is 16.6. The third-order valence-electron chi connectivity index (χ3n) is 6.40. The summed E-state index contributed by atoms with van der Waals surface area (Å²) >= 11 is 0. The fourth-order valence-electron chi connectivity index (χ4n) is 3.96. The minimum atomic E-state index is -1.00. The molecule has 0 heterocycles. The highest BCUT2D eigenvalue weighted by Gasteiger charge is 2.30. The molecule has 0 aliphatic carbocycles. The fraction of sp³-hybridized carbons (Fsp3) is 0.645. The van der Waals surface area contributed by atoms with E-state index < -0.39 is 47.7 Å². The molecule has 8 N–H and O–H groups in total. The molecule has 16 heteroatoms. The average Bonchev–Trinajstić information content (AvgIpc) is 2.98. The number of nitrogens with two attached hydrogens (primary N) is 1. The number of aliphatic hydroxyl groups is 1. The normalized spacial score (nSPS) is 12.4. The maximum Gasteiger partial charge on any atom is 0.409 e. The number of rotatable bonds is 20. The summed E-state index contributed by atoms with van der Waals surface area (Å²) < 4.78 is 15.8. The Morgan fingerprint density at radius 1 is 0.957 bits per heavy atom. The molecule has 16 nitrogen and oxygen atoms in total. The number of nitrogens with one attached hydrogen (secondary N) is 5. The maximum absolute atomic E-state index is 13.3. The second-order valence-electron chi connectivity index (χ2n) is 12.1. The molecule has 0 spiro atoms. The van der Waals surface area contributed by atoms with E-state index in [-0.39, 0.29) is 38.7 Å². The lowest BCUT2D eigenvalue weighted by Gasteiger charge is -2.27. The summed E-state index contributed by atoms with van der Waals surface area (Å²) in [4.78, 5) is 63.7. The lowest BCUT2D eigenvalue weighted by Crippen LogP contribution is -2.55. The third kappa shape index (κ3) is 18.6. The number of carbonyl (C=O) groups excluding carboxylic acids is 5. The first kappa shape index (κ1) is 40.9. The minimum Gasteiger partial charge on any atom is -0.445 e. The number of amides is 6. The van der Waals surface area contributed by atoms with E-state index >= 15 is 0 Å². The molecule has 0 bridgehead atoms. The molecule has 1 aromatic rings. The van der Waals surface area contributed by atoms with E-state index in [2.05, 4.69) is 26.6 Å². The van der Waals surface area contributed by atoms with Gasteiger partial charge in [0.05, 0.1) is 19.8 Å². The standard InChI is InChI=1S/C31H53N7O9/c1-21(2)25(37-29(43)47-31(3,4)5)27(41)36-24(8-7-13-34-28(32)42)26(40)35-23-11-9-22(10-12-23)20-46-30(44)38(6)16-14-33-15-18-45-19-17-39/h9-12,21,24-25,33,39H,7-8,13-20H2,1-6H3,(H,35,40)(H,36,41)(H,37,43)(H3,32,34,42)/t24?,25-/m0/s1. The zero-order valence-corrected chi connectivity index (χ0v) is 28.4. The molecule has 1 rings (SSSR count). The number of likely N-dealkylation sites (N-methyl/N-ethyl adjacent to an activating group) is 1. The molecule has 0 saturated heterocycles. The number of primary amides is 1. The molecule has 1 unspecified atom stereocenters. The van der Waals surface area contributed by atoms with E-state index in [1.54, 1.807) is 65.9 Å². The van der Waals surface area contributed by atoms with Gasteiger partial charge in [0.15, 0.2) is 0 Å². The van der Waals surface area contributed by atoms with Crippen molar-refractivity contribution < 1.29 is 43.3 Å². The Kier molecular flexibility index (Phi) is 18.8. The Hall–Kier alpha value is -4.15. The summed E-state index contributed by atoms with van der Waals surface area (Å²) in [5, 5.41) is 22.3. The molecule has 47 heavy (non-hydrogen) atoms. The van der Waals surface area contributed by atoms with Crippen molar-refractivity contribution in [3.63, 3.8) is 0 Å². The predicted molar refractivity (Wildman–Crippen MR) is 175 cm³/mol. The lowest BCUT2D eigenvalue weighted by molar-refractivity contribution is -0.128. The van der Waals surface area contributed by atoms with Crippen LogP contribution in [0.25, 0.3) is 0 Å². The van der Waals surface area contributed by atoms with Gasteiger partial charge in [-0.3, -0.25) is 9.59 Å². The van der Waals surface area contributed by atoms with Crippen LogP contribution in [-0.2, 0) is 30.4 Å². The van der Waals surface area contributed by atoms with Crippen molar-refractivity contribution in [1.29, 1.82) is 0 Å². The molecule has 2 atom stereocenters. The summed E-state index contributed by atoms with van der Waals surface area (Å²) in [6, 6.07) is 3.99. The Morgan fingerprint density at radius 2 is 1.64 bits per heavy atom. The second kappa shape index (κ2) is 21.6. The van der Waals surface area contributed by atoms with Gasteiger partial charge in [0.2, 0.25) is 11.8 Å². The van der Waals surface area contributed by atoms with Crippen LogP contribution in [-0.4, -0.2) is 111 Å². The molecule has 6 amide bonds. The third-order valence-corrected chi connectivity index (χ3v) is 6.40. The number of urea groups is 1. The number of hydrogen-bond acceptors (Lipinski definition) is 10. The molecule has 0 aliphatic heterocycles. The Morgan fingerprint density at radius 3 is 2.23 bits per heavy atom. The fourth-order valence-corrected chi connectivity index (χ4v) is 3.96. The van der Waals surface area contributed by atoms with E-state index in [0.717, 1.165) is 0 Å². The van der Waals surface area contributed by atoms with Crippen molar-refractivity contribution in [2.75, 3.05) is 58.4 Å². The van der Waals surface area contributed by atoms with Gasteiger partial charge in [-0.2, -0.15) is 0 Å². The number of anilines is 1. The number of aliphatic hydroxyl groups excluding tert-OH is 1. The monoisotopic (exact) mass is 667 g/mol. The summed E-state index contributed by atoms with van der Waals surface area (Å²) in [5.74, 6) is -1.39. The quantitative estimate of drug-likeness (QED) is 0.0987. The van der Waals surface area contributed by atoms with Crippen LogP contribution in [0.15, 0.2) is 24.3 Å². The molecule has 0 radical (unpaired) electrons. The summed E-state index contributed by atoms with van der Waals surface area (Å²) in [6.45, 7) is 11.1. The number of ether oxygens (including phenoxy) is 3. The van der Waals surface area contributed by atoms with E-state index in [0.29, 0.717) is 43.9 Å². The van der Waals surface area contributed by atoms with Crippen LogP contribution in [0, 0.1) is 5.92 Å². The first-order valence-electron chi connectivity index (χ1n) is 15.6. The number of hydrogen-bond donors (Lipinski definition) is 7. The molecule has 0 saturated carbocycles. The lowest BCUT2D eigenvalue weighted by atomic mass is 10.0. The van der Waals surface area contributed by atoms with Gasteiger partial charge < -0.3 is 56.5 Å². The molecule has 1 aromatic carbocycles. The first-order chi connectivity index (χ1) is 22.1. The Labute approximate surface area is 276 Å². The summed E-state index contributed by atoms with van der Waals surface area (Å²) in [5.41, 5.74) is 5.50. The van der Waals surface area contributed by atoms with Crippen LogP contribution in [0.1, 0.15) is 53.0 Å².